The Balaban J connectivity index is 2.47. The SMILES string of the molecule is C[C@@H](NC(=O)CCn1ccccc1=O)C(=O)O. The van der Waals surface area contributed by atoms with Crippen LogP contribution in [0.3, 0.4) is 0 Å². The maximum absolute atomic E-state index is 11.4. The van der Waals surface area contributed by atoms with Crippen molar-refractivity contribution >= 4 is 11.9 Å². The van der Waals surface area contributed by atoms with Crippen LogP contribution >= 0.6 is 0 Å². The number of carbonyl (C=O) groups excluding carboxylic acids is 1. The van der Waals surface area contributed by atoms with Gasteiger partial charge in [-0.2, -0.15) is 0 Å². The van der Waals surface area contributed by atoms with Crippen molar-refractivity contribution in [3.05, 3.63) is 34.7 Å². The molecule has 0 aliphatic rings. The fourth-order valence-electron chi connectivity index (χ4n) is 1.24. The van der Waals surface area contributed by atoms with E-state index in [4.69, 9.17) is 5.11 Å². The van der Waals surface area contributed by atoms with Crippen LogP contribution in [0, 0.1) is 0 Å². The Morgan fingerprint density at radius 1 is 1.47 bits per heavy atom. The van der Waals surface area contributed by atoms with Crippen LogP contribution in [0.2, 0.25) is 0 Å². The highest BCUT2D eigenvalue weighted by molar-refractivity contribution is 5.83. The number of carboxylic acids is 1. The van der Waals surface area contributed by atoms with Crippen molar-refractivity contribution in [2.45, 2.75) is 25.9 Å². The fraction of sp³-hybridized carbons (Fsp3) is 0.364. The van der Waals surface area contributed by atoms with Crippen molar-refractivity contribution in [1.29, 1.82) is 0 Å². The number of pyridine rings is 1. The Kier molecular flexibility index (Phi) is 4.45. The molecule has 0 unspecified atom stereocenters. The number of hydrogen-bond acceptors (Lipinski definition) is 3. The molecule has 1 rings (SSSR count). The lowest BCUT2D eigenvalue weighted by molar-refractivity contribution is -0.141. The van der Waals surface area contributed by atoms with Gasteiger partial charge in [0, 0.05) is 25.2 Å². The third-order valence-electron chi connectivity index (χ3n) is 2.23. The second-order valence-electron chi connectivity index (χ2n) is 3.61. The largest absolute Gasteiger partial charge is 0.480 e. The molecule has 92 valence electrons. The molecule has 0 saturated heterocycles. The smallest absolute Gasteiger partial charge is 0.325 e. The first-order valence-corrected chi connectivity index (χ1v) is 5.18. The number of amides is 1. The van der Waals surface area contributed by atoms with Gasteiger partial charge in [-0.1, -0.05) is 6.07 Å². The standard InChI is InChI=1S/C11H14N2O4/c1-8(11(16)17)12-9(14)5-7-13-6-3-2-4-10(13)15/h2-4,6,8H,5,7H2,1H3,(H,12,14)(H,16,17)/t8-/m1/s1. The van der Waals surface area contributed by atoms with E-state index in [1.807, 2.05) is 0 Å². The molecule has 1 aromatic heterocycles. The topological polar surface area (TPSA) is 88.4 Å². The van der Waals surface area contributed by atoms with Crippen LogP contribution in [0.4, 0.5) is 0 Å². The molecule has 0 bridgehead atoms. The van der Waals surface area contributed by atoms with Gasteiger partial charge in [-0.25, -0.2) is 0 Å². The second kappa shape index (κ2) is 5.83. The number of carbonyl (C=O) groups is 2. The zero-order chi connectivity index (χ0) is 12.8. The quantitative estimate of drug-likeness (QED) is 0.745. The monoisotopic (exact) mass is 238 g/mol. The van der Waals surface area contributed by atoms with Crippen LogP contribution in [0.5, 0.6) is 0 Å². The molecule has 1 heterocycles. The highest BCUT2D eigenvalue weighted by Gasteiger charge is 2.13. The molecule has 2 N–H and O–H groups in total. The number of hydrogen-bond donors (Lipinski definition) is 2. The van der Waals surface area contributed by atoms with E-state index >= 15 is 0 Å². The van der Waals surface area contributed by atoms with Crippen molar-refractivity contribution in [3.63, 3.8) is 0 Å². The molecule has 1 amide bonds. The molecule has 1 atom stereocenters. The van der Waals surface area contributed by atoms with Crippen LogP contribution in [-0.4, -0.2) is 27.6 Å². The third-order valence-corrected chi connectivity index (χ3v) is 2.23. The second-order valence-corrected chi connectivity index (χ2v) is 3.61. The van der Waals surface area contributed by atoms with Crippen molar-refractivity contribution in [1.82, 2.24) is 9.88 Å². The Labute approximate surface area is 97.9 Å². The number of nitrogens with zero attached hydrogens (tertiary/aromatic N) is 1. The van der Waals surface area contributed by atoms with Gasteiger partial charge in [-0.3, -0.25) is 14.4 Å². The summed E-state index contributed by atoms with van der Waals surface area (Å²) in [7, 11) is 0. The molecular formula is C11H14N2O4. The zero-order valence-corrected chi connectivity index (χ0v) is 9.42. The molecule has 0 aliphatic carbocycles. The van der Waals surface area contributed by atoms with E-state index in [0.29, 0.717) is 0 Å². The molecule has 6 heteroatoms. The van der Waals surface area contributed by atoms with Crippen molar-refractivity contribution in [3.8, 4) is 0 Å². The Bertz CT molecular complexity index is 467. The zero-order valence-electron chi connectivity index (χ0n) is 9.42. The van der Waals surface area contributed by atoms with Crippen molar-refractivity contribution < 1.29 is 14.7 Å². The van der Waals surface area contributed by atoms with Crippen LogP contribution in [0.25, 0.3) is 0 Å². The van der Waals surface area contributed by atoms with Gasteiger partial charge in [0.05, 0.1) is 0 Å². The van der Waals surface area contributed by atoms with E-state index in [0.717, 1.165) is 0 Å². The maximum Gasteiger partial charge on any atom is 0.325 e. The Hall–Kier alpha value is -2.11. The first-order valence-electron chi connectivity index (χ1n) is 5.18. The normalized spacial score (nSPS) is 11.8. The number of aliphatic carboxylic acids is 1. The lowest BCUT2D eigenvalue weighted by Crippen LogP contribution is -2.38. The van der Waals surface area contributed by atoms with Gasteiger partial charge >= 0.3 is 5.97 Å². The average molecular weight is 238 g/mol. The van der Waals surface area contributed by atoms with Crippen LogP contribution in [0.1, 0.15) is 13.3 Å². The van der Waals surface area contributed by atoms with Crippen LogP contribution in [-0.2, 0) is 16.1 Å². The van der Waals surface area contributed by atoms with Gasteiger partial charge in [0.2, 0.25) is 5.91 Å². The molecule has 0 radical (unpaired) electrons. The molecule has 0 fully saturated rings. The first-order chi connectivity index (χ1) is 8.00. The van der Waals surface area contributed by atoms with E-state index in [1.54, 1.807) is 18.3 Å². The van der Waals surface area contributed by atoms with Crippen molar-refractivity contribution in [2.75, 3.05) is 0 Å². The van der Waals surface area contributed by atoms with Crippen molar-refractivity contribution in [2.24, 2.45) is 0 Å². The van der Waals surface area contributed by atoms with Gasteiger partial charge in [0.15, 0.2) is 0 Å². The predicted molar refractivity (Wildman–Crippen MR) is 60.6 cm³/mol. The molecule has 0 spiro atoms. The predicted octanol–water partition coefficient (Wildman–Crippen LogP) is -0.172. The maximum atomic E-state index is 11.4. The van der Waals surface area contributed by atoms with Gasteiger partial charge in [-0.05, 0) is 13.0 Å². The summed E-state index contributed by atoms with van der Waals surface area (Å²) in [5, 5.41) is 10.9. The molecule has 0 aromatic carbocycles. The summed E-state index contributed by atoms with van der Waals surface area (Å²) in [6, 6.07) is 3.79. The molecule has 0 aliphatic heterocycles. The number of nitrogens with one attached hydrogen (secondary N) is 1. The van der Waals surface area contributed by atoms with E-state index in [1.165, 1.54) is 17.6 Å². The number of carboxylic acid groups (broad SMARTS) is 1. The lowest BCUT2D eigenvalue weighted by atomic mass is 10.3. The highest BCUT2D eigenvalue weighted by Crippen LogP contribution is 1.90. The van der Waals surface area contributed by atoms with E-state index < -0.39 is 17.9 Å². The average Bonchev–Trinajstić information content (AvgIpc) is 2.27. The molecular weight excluding hydrogens is 224 g/mol. The summed E-state index contributed by atoms with van der Waals surface area (Å²) in [6.07, 6.45) is 1.65. The first kappa shape index (κ1) is 13.0. The summed E-state index contributed by atoms with van der Waals surface area (Å²) >= 11 is 0. The number of rotatable bonds is 5. The van der Waals surface area contributed by atoms with Crippen LogP contribution < -0.4 is 10.9 Å². The highest BCUT2D eigenvalue weighted by atomic mass is 16.4. The van der Waals surface area contributed by atoms with Gasteiger partial charge in [0.25, 0.3) is 5.56 Å². The minimum absolute atomic E-state index is 0.0710. The number of aryl methyl sites for hydroxylation is 1. The summed E-state index contributed by atoms with van der Waals surface area (Å²) < 4.78 is 1.39. The Morgan fingerprint density at radius 3 is 2.76 bits per heavy atom. The Morgan fingerprint density at radius 2 is 2.18 bits per heavy atom. The minimum atomic E-state index is -1.09. The van der Waals surface area contributed by atoms with Gasteiger partial charge in [-0.15, -0.1) is 0 Å². The molecule has 17 heavy (non-hydrogen) atoms. The van der Waals surface area contributed by atoms with E-state index in [-0.39, 0.29) is 18.5 Å². The summed E-state index contributed by atoms with van der Waals surface area (Å²) in [5.74, 6) is -1.48. The van der Waals surface area contributed by atoms with Gasteiger partial charge < -0.3 is 15.0 Å². The number of aromatic nitrogens is 1. The summed E-state index contributed by atoms with van der Waals surface area (Å²) in [5.41, 5.74) is -0.188. The fourth-order valence-corrected chi connectivity index (χ4v) is 1.24. The van der Waals surface area contributed by atoms with E-state index in [2.05, 4.69) is 5.32 Å². The van der Waals surface area contributed by atoms with Gasteiger partial charge in [0.1, 0.15) is 6.04 Å². The lowest BCUT2D eigenvalue weighted by Gasteiger charge is -2.09. The minimum Gasteiger partial charge on any atom is -0.480 e. The van der Waals surface area contributed by atoms with E-state index in [9.17, 15) is 14.4 Å². The van der Waals surface area contributed by atoms with Crippen LogP contribution in [0.15, 0.2) is 29.2 Å². The molecule has 1 aromatic rings. The molecule has 6 nitrogen and oxygen atoms in total. The molecule has 0 saturated carbocycles. The summed E-state index contributed by atoms with van der Waals surface area (Å²) in [6.45, 7) is 1.62. The summed E-state index contributed by atoms with van der Waals surface area (Å²) in [4.78, 5) is 33.1. The third kappa shape index (κ3) is 4.10.